The predicted octanol–water partition coefficient (Wildman–Crippen LogP) is 2.12. The van der Waals surface area contributed by atoms with E-state index in [-0.39, 0.29) is 16.7 Å². The molecule has 7 nitrogen and oxygen atoms in total. The highest BCUT2D eigenvalue weighted by Gasteiger charge is 2.23. The van der Waals surface area contributed by atoms with Crippen molar-refractivity contribution in [2.45, 2.75) is 44.6 Å². The fourth-order valence-corrected chi connectivity index (χ4v) is 2.66. The second kappa shape index (κ2) is 6.19. The Morgan fingerprint density at radius 2 is 2.05 bits per heavy atom. The summed E-state index contributed by atoms with van der Waals surface area (Å²) >= 11 is 0. The van der Waals surface area contributed by atoms with E-state index < -0.39 is 20.6 Å². The molecule has 0 aliphatic heterocycles. The normalized spacial score (nSPS) is 13.0. The van der Waals surface area contributed by atoms with Crippen molar-refractivity contribution >= 4 is 15.7 Å². The van der Waals surface area contributed by atoms with Gasteiger partial charge in [-0.3, -0.25) is 10.1 Å². The van der Waals surface area contributed by atoms with Gasteiger partial charge in [-0.1, -0.05) is 13.3 Å². The average molecular weight is 302 g/mol. The predicted molar refractivity (Wildman–Crippen MR) is 74.2 cm³/mol. The smallest absolute Gasteiger partial charge is 0.312 e. The number of rotatable bonds is 6. The summed E-state index contributed by atoms with van der Waals surface area (Å²) in [5.41, 5.74) is -0.0839. The molecular formula is C12H18N2O5S. The number of aryl methyl sites for hydroxylation is 1. The first-order valence-corrected chi connectivity index (χ1v) is 7.70. The van der Waals surface area contributed by atoms with Crippen LogP contribution in [0.1, 0.15) is 32.3 Å². The number of primary sulfonamides is 1. The van der Waals surface area contributed by atoms with Crippen LogP contribution in [0.3, 0.4) is 0 Å². The third-order valence-corrected chi connectivity index (χ3v) is 3.84. The van der Waals surface area contributed by atoms with Gasteiger partial charge in [-0.05, 0) is 31.9 Å². The Morgan fingerprint density at radius 3 is 2.50 bits per heavy atom. The van der Waals surface area contributed by atoms with Gasteiger partial charge in [0.25, 0.3) is 0 Å². The summed E-state index contributed by atoms with van der Waals surface area (Å²) in [6, 6.07) is 2.28. The molecule has 0 fully saturated rings. The van der Waals surface area contributed by atoms with Gasteiger partial charge >= 0.3 is 5.69 Å². The Hall–Kier alpha value is -1.67. The molecule has 0 spiro atoms. The van der Waals surface area contributed by atoms with Crippen LogP contribution < -0.4 is 9.88 Å². The number of hydrogen-bond acceptors (Lipinski definition) is 5. The molecular weight excluding hydrogens is 284 g/mol. The molecule has 0 aliphatic carbocycles. The number of nitrogens with zero attached hydrogens (tertiary/aromatic N) is 1. The minimum Gasteiger partial charge on any atom is -0.484 e. The van der Waals surface area contributed by atoms with Crippen LogP contribution in [0, 0.1) is 17.0 Å². The molecule has 0 saturated carbocycles. The summed E-state index contributed by atoms with van der Waals surface area (Å²) < 4.78 is 28.3. The lowest BCUT2D eigenvalue weighted by Gasteiger charge is -2.15. The van der Waals surface area contributed by atoms with Gasteiger partial charge in [-0.15, -0.1) is 0 Å². The molecule has 0 amide bonds. The number of nitro benzene ring substituents is 1. The summed E-state index contributed by atoms with van der Waals surface area (Å²) in [7, 11) is -4.00. The zero-order chi connectivity index (χ0) is 15.5. The maximum absolute atomic E-state index is 11.4. The molecule has 8 heteroatoms. The van der Waals surface area contributed by atoms with Crippen molar-refractivity contribution in [3.8, 4) is 5.75 Å². The highest BCUT2D eigenvalue weighted by Crippen LogP contribution is 2.33. The number of benzene rings is 1. The third kappa shape index (κ3) is 3.91. The van der Waals surface area contributed by atoms with E-state index in [4.69, 9.17) is 9.88 Å². The first kappa shape index (κ1) is 16.4. The van der Waals surface area contributed by atoms with Crippen molar-refractivity contribution in [3.05, 3.63) is 27.8 Å². The van der Waals surface area contributed by atoms with E-state index in [0.717, 1.165) is 18.9 Å². The summed E-state index contributed by atoms with van der Waals surface area (Å²) in [4.78, 5) is 10.1. The average Bonchev–Trinajstić information content (AvgIpc) is 2.26. The fraction of sp³-hybridized carbons (Fsp3) is 0.500. The number of hydrogen-bond donors (Lipinski definition) is 1. The summed E-state index contributed by atoms with van der Waals surface area (Å²) in [5.74, 6) is 0.0563. The van der Waals surface area contributed by atoms with E-state index >= 15 is 0 Å². The highest BCUT2D eigenvalue weighted by atomic mass is 32.2. The van der Waals surface area contributed by atoms with Crippen LogP contribution in [-0.4, -0.2) is 19.4 Å². The van der Waals surface area contributed by atoms with Crippen molar-refractivity contribution in [1.82, 2.24) is 0 Å². The highest BCUT2D eigenvalue weighted by molar-refractivity contribution is 7.89. The van der Waals surface area contributed by atoms with Crippen molar-refractivity contribution in [3.63, 3.8) is 0 Å². The molecule has 112 valence electrons. The first-order chi connectivity index (χ1) is 9.16. The number of sulfonamides is 1. The van der Waals surface area contributed by atoms with Gasteiger partial charge < -0.3 is 4.74 Å². The summed E-state index contributed by atoms with van der Waals surface area (Å²) in [6.45, 7) is 5.29. The molecule has 2 N–H and O–H groups in total. The molecule has 1 rings (SSSR count). The van der Waals surface area contributed by atoms with Crippen LogP contribution in [0.15, 0.2) is 17.0 Å². The molecule has 20 heavy (non-hydrogen) atoms. The molecule has 1 aromatic rings. The Balaban J connectivity index is 3.32. The van der Waals surface area contributed by atoms with Crippen molar-refractivity contribution in [2.75, 3.05) is 0 Å². The van der Waals surface area contributed by atoms with E-state index in [1.54, 1.807) is 6.92 Å². The maximum Gasteiger partial charge on any atom is 0.312 e. The lowest BCUT2D eigenvalue weighted by molar-refractivity contribution is -0.386. The van der Waals surface area contributed by atoms with Crippen LogP contribution in [0.4, 0.5) is 5.69 Å². The Labute approximate surface area is 117 Å². The van der Waals surface area contributed by atoms with Crippen LogP contribution in [-0.2, 0) is 10.0 Å². The monoisotopic (exact) mass is 302 g/mol. The minimum atomic E-state index is -4.00. The van der Waals surface area contributed by atoms with Crippen LogP contribution in [0.25, 0.3) is 0 Å². The minimum absolute atomic E-state index is 0.0563. The quantitative estimate of drug-likeness (QED) is 0.638. The molecule has 0 radical (unpaired) electrons. The van der Waals surface area contributed by atoms with Gasteiger partial charge in [0.15, 0.2) is 5.75 Å². The van der Waals surface area contributed by atoms with Gasteiger partial charge in [0, 0.05) is 6.07 Å². The third-order valence-electron chi connectivity index (χ3n) is 2.78. The standard InChI is InChI=1S/C12H18N2O5S/c1-4-5-9(3)19-11-6-8(2)12(20(13,17)18)7-10(11)14(15)16/h6-7,9H,4-5H2,1-3H3,(H2,13,17,18). The molecule has 1 unspecified atom stereocenters. The van der Waals surface area contributed by atoms with Crippen LogP contribution in [0.2, 0.25) is 0 Å². The lowest BCUT2D eigenvalue weighted by atomic mass is 10.2. The van der Waals surface area contributed by atoms with E-state index in [1.165, 1.54) is 13.0 Å². The van der Waals surface area contributed by atoms with Gasteiger partial charge in [-0.25, -0.2) is 13.6 Å². The number of nitrogens with two attached hydrogens (primary N) is 1. The zero-order valence-corrected chi connectivity index (χ0v) is 12.4. The largest absolute Gasteiger partial charge is 0.484 e. The van der Waals surface area contributed by atoms with Gasteiger partial charge in [0.1, 0.15) is 0 Å². The topological polar surface area (TPSA) is 113 Å². The summed E-state index contributed by atoms with van der Waals surface area (Å²) in [6.07, 6.45) is 1.43. The van der Waals surface area contributed by atoms with Crippen molar-refractivity contribution < 1.29 is 18.1 Å². The zero-order valence-electron chi connectivity index (χ0n) is 11.6. The Bertz CT molecular complexity index is 613. The molecule has 0 bridgehead atoms. The van der Waals surface area contributed by atoms with Gasteiger partial charge in [-0.2, -0.15) is 0 Å². The van der Waals surface area contributed by atoms with Crippen LogP contribution >= 0.6 is 0 Å². The van der Waals surface area contributed by atoms with Crippen LogP contribution in [0.5, 0.6) is 5.75 Å². The second-order valence-electron chi connectivity index (χ2n) is 4.60. The number of nitro groups is 1. The molecule has 0 heterocycles. The van der Waals surface area contributed by atoms with Gasteiger partial charge in [0.2, 0.25) is 10.0 Å². The van der Waals surface area contributed by atoms with Gasteiger partial charge in [0.05, 0.1) is 15.9 Å². The number of ether oxygens (including phenoxy) is 1. The Kier molecular flexibility index (Phi) is 5.07. The van der Waals surface area contributed by atoms with E-state index in [1.807, 2.05) is 6.92 Å². The Morgan fingerprint density at radius 1 is 1.45 bits per heavy atom. The van der Waals surface area contributed by atoms with E-state index in [0.29, 0.717) is 5.56 Å². The maximum atomic E-state index is 11.4. The SMILES string of the molecule is CCCC(C)Oc1cc(C)c(S(N)(=O)=O)cc1[N+](=O)[O-]. The fourth-order valence-electron chi connectivity index (χ4n) is 1.88. The van der Waals surface area contributed by atoms with Crippen molar-refractivity contribution in [2.24, 2.45) is 5.14 Å². The molecule has 0 aliphatic rings. The van der Waals surface area contributed by atoms with E-state index in [2.05, 4.69) is 0 Å². The molecule has 1 atom stereocenters. The second-order valence-corrected chi connectivity index (χ2v) is 6.13. The van der Waals surface area contributed by atoms with Crippen molar-refractivity contribution in [1.29, 1.82) is 0 Å². The first-order valence-electron chi connectivity index (χ1n) is 6.15. The molecule has 0 aromatic heterocycles. The molecule has 1 aromatic carbocycles. The van der Waals surface area contributed by atoms with E-state index in [9.17, 15) is 18.5 Å². The summed E-state index contributed by atoms with van der Waals surface area (Å²) in [5, 5.41) is 16.1. The molecule has 0 saturated heterocycles. The lowest BCUT2D eigenvalue weighted by Crippen LogP contribution is -2.16.